The molecule has 0 saturated heterocycles. The Bertz CT molecular complexity index is 1110. The van der Waals surface area contributed by atoms with E-state index in [2.05, 4.69) is 10.3 Å². The summed E-state index contributed by atoms with van der Waals surface area (Å²) in [4.78, 5) is 16.4. The summed E-state index contributed by atoms with van der Waals surface area (Å²) in [6, 6.07) is 14.2. The van der Waals surface area contributed by atoms with Crippen LogP contribution in [0.1, 0.15) is 17.0 Å². The molecule has 0 fully saturated rings. The molecular weight excluding hydrogens is 400 g/mol. The van der Waals surface area contributed by atoms with Crippen LogP contribution in [0.25, 0.3) is 11.5 Å². The van der Waals surface area contributed by atoms with Gasteiger partial charge in [0.05, 0.1) is 22.2 Å². The molecule has 1 N–H and O–H groups in total. The van der Waals surface area contributed by atoms with E-state index in [-0.39, 0.29) is 5.75 Å². The van der Waals surface area contributed by atoms with Crippen molar-refractivity contribution in [3.8, 4) is 11.5 Å². The normalized spacial score (nSPS) is 11.4. The number of sulfone groups is 1. The van der Waals surface area contributed by atoms with Crippen LogP contribution in [0.2, 0.25) is 5.02 Å². The van der Waals surface area contributed by atoms with Gasteiger partial charge in [-0.25, -0.2) is 13.4 Å². The molecular formula is C20H19ClN2O4S. The summed E-state index contributed by atoms with van der Waals surface area (Å²) in [5, 5.41) is 2.85. The van der Waals surface area contributed by atoms with Gasteiger partial charge in [0.15, 0.2) is 9.84 Å². The number of amides is 1. The van der Waals surface area contributed by atoms with Crippen molar-refractivity contribution < 1.29 is 17.6 Å². The van der Waals surface area contributed by atoms with Crippen molar-refractivity contribution in [2.75, 3.05) is 11.1 Å². The van der Waals surface area contributed by atoms with Crippen LogP contribution in [-0.4, -0.2) is 25.1 Å². The molecule has 0 bridgehead atoms. The number of hydrogen-bond donors (Lipinski definition) is 1. The van der Waals surface area contributed by atoms with Crippen molar-refractivity contribution in [2.24, 2.45) is 0 Å². The van der Waals surface area contributed by atoms with Crippen LogP contribution >= 0.6 is 11.6 Å². The van der Waals surface area contributed by atoms with Gasteiger partial charge in [-0.15, -0.1) is 0 Å². The molecule has 146 valence electrons. The summed E-state index contributed by atoms with van der Waals surface area (Å²) in [5.74, 6) is -0.962. The summed E-state index contributed by atoms with van der Waals surface area (Å²) in [6.07, 6.45) is 0. The van der Waals surface area contributed by atoms with Gasteiger partial charge in [-0.3, -0.25) is 4.79 Å². The third-order valence-corrected chi connectivity index (χ3v) is 5.79. The Morgan fingerprint density at radius 2 is 1.79 bits per heavy atom. The van der Waals surface area contributed by atoms with Gasteiger partial charge in [-0.1, -0.05) is 41.4 Å². The first-order valence-electron chi connectivity index (χ1n) is 8.52. The molecule has 3 rings (SSSR count). The number of aryl methyl sites for hydroxylation is 2. The summed E-state index contributed by atoms with van der Waals surface area (Å²) < 4.78 is 30.5. The number of oxazole rings is 1. The van der Waals surface area contributed by atoms with E-state index in [1.54, 1.807) is 31.2 Å². The quantitative estimate of drug-likeness (QED) is 0.649. The Morgan fingerprint density at radius 3 is 2.46 bits per heavy atom. The molecule has 1 aromatic heterocycles. The van der Waals surface area contributed by atoms with Crippen molar-refractivity contribution in [1.29, 1.82) is 0 Å². The number of halogens is 1. The van der Waals surface area contributed by atoms with E-state index in [0.29, 0.717) is 28.1 Å². The molecule has 0 aliphatic carbocycles. The Labute approximate surface area is 168 Å². The predicted molar refractivity (Wildman–Crippen MR) is 109 cm³/mol. The van der Waals surface area contributed by atoms with Crippen molar-refractivity contribution in [3.63, 3.8) is 0 Å². The number of carbonyl (C=O) groups excluding carboxylic acids is 1. The third-order valence-electron chi connectivity index (χ3n) is 4.05. The zero-order valence-corrected chi connectivity index (χ0v) is 17.0. The largest absolute Gasteiger partial charge is 0.441 e. The second-order valence-electron chi connectivity index (χ2n) is 6.45. The van der Waals surface area contributed by atoms with Crippen LogP contribution in [0, 0.1) is 13.8 Å². The highest BCUT2D eigenvalue weighted by Crippen LogP contribution is 2.24. The summed E-state index contributed by atoms with van der Waals surface area (Å²) >= 11 is 5.97. The first kappa shape index (κ1) is 20.1. The van der Waals surface area contributed by atoms with Crippen LogP contribution in [0.5, 0.6) is 0 Å². The third kappa shape index (κ3) is 4.99. The number of benzene rings is 2. The summed E-state index contributed by atoms with van der Waals surface area (Å²) in [6.45, 7) is 3.62. The van der Waals surface area contributed by atoms with Gasteiger partial charge < -0.3 is 9.73 Å². The number of carbonyl (C=O) groups is 1. The van der Waals surface area contributed by atoms with Gasteiger partial charge in [-0.2, -0.15) is 0 Å². The van der Waals surface area contributed by atoms with E-state index < -0.39 is 21.5 Å². The molecule has 28 heavy (non-hydrogen) atoms. The first-order chi connectivity index (χ1) is 13.2. The molecule has 0 aliphatic rings. The van der Waals surface area contributed by atoms with E-state index in [9.17, 15) is 13.2 Å². The molecule has 0 unspecified atom stereocenters. The second kappa shape index (κ2) is 8.16. The highest BCUT2D eigenvalue weighted by atomic mass is 35.5. The number of para-hydroxylation sites is 1. The van der Waals surface area contributed by atoms with E-state index in [4.69, 9.17) is 16.0 Å². The first-order valence-corrected chi connectivity index (χ1v) is 10.7. The van der Waals surface area contributed by atoms with E-state index >= 15 is 0 Å². The monoisotopic (exact) mass is 418 g/mol. The molecule has 8 heteroatoms. The lowest BCUT2D eigenvalue weighted by atomic mass is 10.1. The van der Waals surface area contributed by atoms with Gasteiger partial charge in [0.1, 0.15) is 11.5 Å². The fraction of sp³-hybridized carbons (Fsp3) is 0.200. The molecule has 3 aromatic rings. The van der Waals surface area contributed by atoms with Crippen LogP contribution in [0.4, 0.5) is 5.69 Å². The van der Waals surface area contributed by atoms with Gasteiger partial charge in [0.25, 0.3) is 0 Å². The van der Waals surface area contributed by atoms with Crippen LogP contribution < -0.4 is 5.32 Å². The molecule has 0 spiro atoms. The lowest BCUT2D eigenvalue weighted by molar-refractivity contribution is -0.113. The highest BCUT2D eigenvalue weighted by molar-refractivity contribution is 7.91. The molecule has 0 saturated carbocycles. The minimum atomic E-state index is -3.74. The zero-order chi connectivity index (χ0) is 20.3. The number of anilines is 1. The summed E-state index contributed by atoms with van der Waals surface area (Å²) in [5.41, 5.74) is 2.51. The number of aromatic nitrogens is 1. The van der Waals surface area contributed by atoms with Gasteiger partial charge in [-0.05, 0) is 38.1 Å². The zero-order valence-electron chi connectivity index (χ0n) is 15.4. The fourth-order valence-corrected chi connectivity index (χ4v) is 4.03. The Balaban J connectivity index is 1.71. The van der Waals surface area contributed by atoms with Crippen LogP contribution in [-0.2, 0) is 20.4 Å². The Hall–Kier alpha value is -2.64. The average Bonchev–Trinajstić information content (AvgIpc) is 2.97. The van der Waals surface area contributed by atoms with Gasteiger partial charge in [0, 0.05) is 5.56 Å². The van der Waals surface area contributed by atoms with Gasteiger partial charge in [0.2, 0.25) is 11.8 Å². The average molecular weight is 419 g/mol. The predicted octanol–water partition coefficient (Wildman–Crippen LogP) is 4.17. The van der Waals surface area contributed by atoms with E-state index in [0.717, 1.165) is 11.1 Å². The maximum absolute atomic E-state index is 12.5. The van der Waals surface area contributed by atoms with Gasteiger partial charge >= 0.3 is 0 Å². The molecule has 0 radical (unpaired) electrons. The molecule has 1 heterocycles. The molecule has 6 nitrogen and oxygen atoms in total. The van der Waals surface area contributed by atoms with Crippen LogP contribution in [0.15, 0.2) is 52.9 Å². The Morgan fingerprint density at radius 1 is 1.11 bits per heavy atom. The van der Waals surface area contributed by atoms with E-state index in [1.807, 2.05) is 31.2 Å². The lowest BCUT2D eigenvalue weighted by Gasteiger charge is -2.07. The molecule has 0 atom stereocenters. The van der Waals surface area contributed by atoms with Crippen molar-refractivity contribution in [1.82, 2.24) is 4.98 Å². The topological polar surface area (TPSA) is 89.3 Å². The number of rotatable bonds is 6. The maximum Gasteiger partial charge on any atom is 0.239 e. The summed E-state index contributed by atoms with van der Waals surface area (Å²) in [7, 11) is -3.74. The van der Waals surface area contributed by atoms with E-state index in [1.165, 1.54) is 0 Å². The standard InChI is InChI=1S/C20H19ClN2O4S/c1-13-7-9-15(10-8-13)20-23-18(14(2)27-20)11-28(25,26)12-19(24)22-17-6-4-3-5-16(17)21/h3-10H,11-12H2,1-2H3,(H,22,24). The fourth-order valence-electron chi connectivity index (χ4n) is 2.59. The molecule has 1 amide bonds. The molecule has 2 aromatic carbocycles. The lowest BCUT2D eigenvalue weighted by Crippen LogP contribution is -2.24. The minimum Gasteiger partial charge on any atom is -0.441 e. The van der Waals surface area contributed by atoms with Crippen molar-refractivity contribution in [3.05, 3.63) is 70.6 Å². The van der Waals surface area contributed by atoms with Crippen LogP contribution in [0.3, 0.4) is 0 Å². The second-order valence-corrected chi connectivity index (χ2v) is 8.92. The molecule has 0 aliphatic heterocycles. The highest BCUT2D eigenvalue weighted by Gasteiger charge is 2.22. The number of nitrogens with zero attached hydrogens (tertiary/aromatic N) is 1. The minimum absolute atomic E-state index is 0.293. The van der Waals surface area contributed by atoms with Crippen molar-refractivity contribution >= 4 is 33.0 Å². The van der Waals surface area contributed by atoms with Crippen molar-refractivity contribution in [2.45, 2.75) is 19.6 Å². The number of nitrogens with one attached hydrogen (secondary N) is 1. The number of hydrogen-bond acceptors (Lipinski definition) is 5. The maximum atomic E-state index is 12.5. The SMILES string of the molecule is Cc1ccc(-c2nc(CS(=O)(=O)CC(=O)Nc3ccccc3Cl)c(C)o2)cc1. The Kier molecular flexibility index (Phi) is 5.86. The smallest absolute Gasteiger partial charge is 0.239 e.